The van der Waals surface area contributed by atoms with E-state index in [0.29, 0.717) is 17.7 Å². The highest BCUT2D eigenvalue weighted by atomic mass is 16.7. The highest BCUT2D eigenvalue weighted by molar-refractivity contribution is 5.89. The van der Waals surface area contributed by atoms with Gasteiger partial charge in [0, 0.05) is 0 Å². The number of fused-ring (bicyclic) bond motifs is 1. The largest absolute Gasteiger partial charge is 0.497 e. The maximum absolute atomic E-state index is 12.0. The summed E-state index contributed by atoms with van der Waals surface area (Å²) < 4.78 is 14.9. The van der Waals surface area contributed by atoms with Crippen molar-refractivity contribution >= 4 is 17.9 Å². The van der Waals surface area contributed by atoms with Crippen LogP contribution in [0.5, 0.6) is 5.75 Å². The number of methoxy groups -OCH3 is 1. The van der Waals surface area contributed by atoms with Gasteiger partial charge in [0.15, 0.2) is 0 Å². The van der Waals surface area contributed by atoms with Crippen molar-refractivity contribution in [3.8, 4) is 5.75 Å². The van der Waals surface area contributed by atoms with Gasteiger partial charge in [-0.05, 0) is 48.9 Å². The van der Waals surface area contributed by atoms with Gasteiger partial charge in [-0.25, -0.2) is 4.79 Å². The molecule has 0 aromatic heterocycles. The number of hydrogen-bond acceptors (Lipinski definition) is 6. The minimum absolute atomic E-state index is 0.0851. The van der Waals surface area contributed by atoms with Crippen LogP contribution in [0.1, 0.15) is 23.2 Å². The number of carbonyl (C=O) groups excluding carboxylic acids is 2. The Kier molecular flexibility index (Phi) is 4.42. The molecule has 0 heterocycles. The summed E-state index contributed by atoms with van der Waals surface area (Å²) in [6, 6.07) is 6.35. The van der Waals surface area contributed by atoms with Crippen LogP contribution in [0.4, 0.5) is 0 Å². The molecule has 24 heavy (non-hydrogen) atoms. The Hall–Kier alpha value is -2.57. The molecular weight excluding hydrogens is 316 g/mol. The van der Waals surface area contributed by atoms with Crippen LogP contribution in [0.3, 0.4) is 0 Å². The molecule has 1 aromatic rings. The lowest BCUT2D eigenvalue weighted by Gasteiger charge is -2.13. The zero-order valence-corrected chi connectivity index (χ0v) is 13.1. The van der Waals surface area contributed by atoms with Gasteiger partial charge in [-0.15, -0.1) is 0 Å². The zero-order valence-electron chi connectivity index (χ0n) is 13.1. The van der Waals surface area contributed by atoms with Gasteiger partial charge in [-0.2, -0.15) is 0 Å². The Morgan fingerprint density at radius 2 is 1.83 bits per heavy atom. The molecular formula is C17H18O7. The van der Waals surface area contributed by atoms with Gasteiger partial charge in [-0.3, -0.25) is 9.59 Å². The van der Waals surface area contributed by atoms with Crippen molar-refractivity contribution < 1.29 is 33.7 Å². The number of carbonyl (C=O) groups is 3. The molecule has 4 atom stereocenters. The smallest absolute Gasteiger partial charge is 0.341 e. The number of ether oxygens (including phenoxy) is 3. The van der Waals surface area contributed by atoms with E-state index in [1.165, 1.54) is 7.11 Å². The summed E-state index contributed by atoms with van der Waals surface area (Å²) in [7, 11) is 1.52. The molecule has 0 spiro atoms. The molecule has 0 bridgehead atoms. The van der Waals surface area contributed by atoms with E-state index in [2.05, 4.69) is 0 Å². The van der Waals surface area contributed by atoms with Crippen molar-refractivity contribution in [2.75, 3.05) is 13.9 Å². The summed E-state index contributed by atoms with van der Waals surface area (Å²) in [5, 5.41) is 9.04. The Labute approximate surface area is 138 Å². The zero-order chi connectivity index (χ0) is 17.3. The highest BCUT2D eigenvalue weighted by Crippen LogP contribution is 2.60. The van der Waals surface area contributed by atoms with Crippen molar-refractivity contribution in [3.63, 3.8) is 0 Å². The maximum Gasteiger partial charge on any atom is 0.341 e. The molecule has 2 unspecified atom stereocenters. The summed E-state index contributed by atoms with van der Waals surface area (Å²) in [4.78, 5) is 34.9. The monoisotopic (exact) mass is 334 g/mol. The van der Waals surface area contributed by atoms with E-state index in [1.54, 1.807) is 24.3 Å². The number of benzene rings is 1. The molecule has 0 amide bonds. The minimum Gasteiger partial charge on any atom is -0.497 e. The van der Waals surface area contributed by atoms with E-state index in [-0.39, 0.29) is 11.8 Å². The molecule has 7 nitrogen and oxygen atoms in total. The van der Waals surface area contributed by atoms with Gasteiger partial charge < -0.3 is 19.3 Å². The van der Waals surface area contributed by atoms with Gasteiger partial charge in [0.1, 0.15) is 5.75 Å². The fraction of sp³-hybridized carbons (Fsp3) is 0.471. The van der Waals surface area contributed by atoms with E-state index in [9.17, 15) is 14.4 Å². The first-order valence-electron chi connectivity index (χ1n) is 7.73. The van der Waals surface area contributed by atoms with E-state index in [4.69, 9.17) is 19.3 Å². The standard InChI is InChI=1S/C17H18O7/c1-22-10-4-2-9(3-5-10)16(20)23-8-24-17(21)12-7-6-11-13(12)14(11)15(18)19/h2-5,11-14H,6-8H2,1H3,(H,18,19)/t11?,12-,13?,14+/m1/s1. The van der Waals surface area contributed by atoms with Crippen LogP contribution in [0.2, 0.25) is 0 Å². The van der Waals surface area contributed by atoms with Crippen molar-refractivity contribution in [2.24, 2.45) is 23.7 Å². The molecule has 7 heteroatoms. The number of hydrogen-bond donors (Lipinski definition) is 1. The van der Waals surface area contributed by atoms with Crippen LogP contribution < -0.4 is 4.74 Å². The lowest BCUT2D eigenvalue weighted by atomic mass is 10.0. The Balaban J connectivity index is 1.45. The average Bonchev–Trinajstić information content (AvgIpc) is 3.15. The lowest BCUT2D eigenvalue weighted by Crippen LogP contribution is -2.22. The van der Waals surface area contributed by atoms with E-state index < -0.39 is 36.5 Å². The van der Waals surface area contributed by atoms with E-state index in [0.717, 1.165) is 6.42 Å². The molecule has 0 saturated heterocycles. The van der Waals surface area contributed by atoms with Crippen LogP contribution in [0, 0.1) is 23.7 Å². The molecule has 2 saturated carbocycles. The highest BCUT2D eigenvalue weighted by Gasteiger charge is 2.63. The van der Waals surface area contributed by atoms with Crippen LogP contribution in [-0.2, 0) is 19.1 Å². The summed E-state index contributed by atoms with van der Waals surface area (Å²) in [5.74, 6) is -2.22. The third kappa shape index (κ3) is 3.06. The van der Waals surface area contributed by atoms with Crippen LogP contribution in [0.15, 0.2) is 24.3 Å². The van der Waals surface area contributed by atoms with Crippen LogP contribution in [0.25, 0.3) is 0 Å². The summed E-state index contributed by atoms with van der Waals surface area (Å²) >= 11 is 0. The van der Waals surface area contributed by atoms with Crippen molar-refractivity contribution in [1.29, 1.82) is 0 Å². The van der Waals surface area contributed by atoms with Crippen LogP contribution in [-0.4, -0.2) is 36.9 Å². The molecule has 3 rings (SSSR count). The topological polar surface area (TPSA) is 99.1 Å². The summed E-state index contributed by atoms with van der Waals surface area (Å²) in [6.45, 7) is -0.477. The average molecular weight is 334 g/mol. The quantitative estimate of drug-likeness (QED) is 0.624. The second kappa shape index (κ2) is 6.51. The lowest BCUT2D eigenvalue weighted by molar-refractivity contribution is -0.158. The van der Waals surface area contributed by atoms with Crippen molar-refractivity contribution in [1.82, 2.24) is 0 Å². The fourth-order valence-corrected chi connectivity index (χ4v) is 3.57. The predicted octanol–water partition coefficient (Wildman–Crippen LogP) is 1.71. The predicted molar refractivity (Wildman–Crippen MR) is 80.2 cm³/mol. The molecule has 0 aliphatic heterocycles. The summed E-state index contributed by atoms with van der Waals surface area (Å²) in [5.41, 5.74) is 0.320. The molecule has 2 aliphatic carbocycles. The molecule has 128 valence electrons. The first-order valence-corrected chi connectivity index (χ1v) is 7.73. The number of aliphatic carboxylic acids is 1. The SMILES string of the molecule is COc1ccc(C(=O)OCOC(=O)[C@@H]2CCC3C2[C@H]3C(=O)O)cc1. The van der Waals surface area contributed by atoms with Gasteiger partial charge in [0.25, 0.3) is 0 Å². The van der Waals surface area contributed by atoms with Gasteiger partial charge in [0.2, 0.25) is 6.79 Å². The van der Waals surface area contributed by atoms with Gasteiger partial charge in [-0.1, -0.05) is 0 Å². The van der Waals surface area contributed by atoms with Crippen LogP contribution >= 0.6 is 0 Å². The number of carboxylic acid groups (broad SMARTS) is 1. The first-order chi connectivity index (χ1) is 11.5. The van der Waals surface area contributed by atoms with Gasteiger partial charge >= 0.3 is 17.9 Å². The molecule has 1 aromatic carbocycles. The second-order valence-corrected chi connectivity index (χ2v) is 6.03. The third-order valence-corrected chi connectivity index (χ3v) is 4.81. The Morgan fingerprint density at radius 3 is 2.42 bits per heavy atom. The maximum atomic E-state index is 12.0. The number of carboxylic acids is 1. The second-order valence-electron chi connectivity index (χ2n) is 6.03. The molecule has 2 fully saturated rings. The Bertz CT molecular complexity index is 651. The first kappa shape index (κ1) is 16.3. The summed E-state index contributed by atoms with van der Waals surface area (Å²) in [6.07, 6.45) is 1.36. The van der Waals surface area contributed by atoms with E-state index in [1.807, 2.05) is 0 Å². The molecule has 0 radical (unpaired) electrons. The number of rotatable bonds is 6. The normalized spacial score (nSPS) is 27.0. The third-order valence-electron chi connectivity index (χ3n) is 4.81. The Morgan fingerprint density at radius 1 is 1.12 bits per heavy atom. The van der Waals surface area contributed by atoms with Crippen molar-refractivity contribution in [2.45, 2.75) is 12.8 Å². The fourth-order valence-electron chi connectivity index (χ4n) is 3.57. The minimum atomic E-state index is -0.853. The van der Waals surface area contributed by atoms with Gasteiger partial charge in [0.05, 0.1) is 24.5 Å². The van der Waals surface area contributed by atoms with E-state index >= 15 is 0 Å². The van der Waals surface area contributed by atoms with Crippen molar-refractivity contribution in [3.05, 3.63) is 29.8 Å². The number of esters is 2. The molecule has 2 aliphatic rings. The molecule has 1 N–H and O–H groups in total.